The van der Waals surface area contributed by atoms with Gasteiger partial charge in [0.25, 0.3) is 0 Å². The fourth-order valence-electron chi connectivity index (χ4n) is 12.4. The first-order valence-electron chi connectivity index (χ1n) is 20.7. The van der Waals surface area contributed by atoms with Gasteiger partial charge in [-0.05, 0) is 118 Å². The molecule has 0 radical (unpaired) electrons. The lowest BCUT2D eigenvalue weighted by Crippen LogP contribution is -2.55. The van der Waals surface area contributed by atoms with Crippen LogP contribution in [0.25, 0.3) is 89.1 Å². The Kier molecular flexibility index (Phi) is 6.59. The van der Waals surface area contributed by atoms with Gasteiger partial charge in [-0.25, -0.2) is 15.0 Å². The molecule has 57 heavy (non-hydrogen) atoms. The van der Waals surface area contributed by atoms with Gasteiger partial charge in [-0.1, -0.05) is 133 Å². The zero-order valence-electron chi connectivity index (χ0n) is 31.5. The molecule has 2 heterocycles. The zero-order chi connectivity index (χ0) is 37.2. The second-order valence-corrected chi connectivity index (χ2v) is 17.1. The van der Waals surface area contributed by atoms with Crippen molar-refractivity contribution in [3.8, 4) is 56.4 Å². The highest BCUT2D eigenvalue weighted by molar-refractivity contribution is 6.12. The fraction of sp³-hybridized carbons (Fsp3) is 0.189. The number of nitrogens with zero attached hydrogens (tertiary/aromatic N) is 3. The van der Waals surface area contributed by atoms with Gasteiger partial charge in [0, 0.05) is 32.9 Å². The second-order valence-electron chi connectivity index (χ2n) is 17.1. The van der Waals surface area contributed by atoms with E-state index in [1.54, 1.807) is 5.56 Å². The molecule has 2 aromatic heterocycles. The molecule has 9 aromatic rings. The van der Waals surface area contributed by atoms with Crippen LogP contribution in [-0.2, 0) is 5.41 Å². The number of aromatic nitrogens is 3. The van der Waals surface area contributed by atoms with Crippen LogP contribution < -0.4 is 0 Å². The minimum Gasteiger partial charge on any atom is -0.456 e. The van der Waals surface area contributed by atoms with Crippen LogP contribution >= 0.6 is 0 Å². The van der Waals surface area contributed by atoms with Crippen molar-refractivity contribution in [2.45, 2.75) is 37.5 Å². The number of rotatable bonds is 4. The van der Waals surface area contributed by atoms with E-state index in [4.69, 9.17) is 19.4 Å². The van der Waals surface area contributed by atoms with E-state index >= 15 is 0 Å². The summed E-state index contributed by atoms with van der Waals surface area (Å²) in [5, 5.41) is 4.86. The van der Waals surface area contributed by atoms with Crippen molar-refractivity contribution in [1.82, 2.24) is 15.0 Å². The van der Waals surface area contributed by atoms with Crippen LogP contribution in [0.4, 0.5) is 0 Å². The Bertz CT molecular complexity index is 3080. The molecule has 5 aliphatic carbocycles. The van der Waals surface area contributed by atoms with E-state index in [1.807, 2.05) is 18.2 Å². The Morgan fingerprint density at radius 2 is 1.05 bits per heavy atom. The van der Waals surface area contributed by atoms with Gasteiger partial charge in [0.2, 0.25) is 0 Å². The van der Waals surface area contributed by atoms with E-state index < -0.39 is 0 Å². The highest BCUT2D eigenvalue weighted by Gasteiger charge is 2.62. The molecule has 14 rings (SSSR count). The predicted molar refractivity (Wildman–Crippen MR) is 230 cm³/mol. The molecule has 4 saturated carbocycles. The maximum atomic E-state index is 6.29. The lowest BCUT2D eigenvalue weighted by molar-refractivity contribution is -0.0399. The summed E-state index contributed by atoms with van der Waals surface area (Å²) >= 11 is 0. The smallest absolute Gasteiger partial charge is 0.164 e. The van der Waals surface area contributed by atoms with Crippen molar-refractivity contribution < 1.29 is 4.42 Å². The summed E-state index contributed by atoms with van der Waals surface area (Å²) in [5.41, 5.74) is 12.8. The van der Waals surface area contributed by atoms with Crippen LogP contribution in [0.15, 0.2) is 156 Å². The largest absolute Gasteiger partial charge is 0.456 e. The van der Waals surface area contributed by atoms with Crippen LogP contribution in [0, 0.1) is 23.7 Å². The number of fused-ring (bicyclic) bond motifs is 8. The van der Waals surface area contributed by atoms with E-state index in [0.29, 0.717) is 23.5 Å². The van der Waals surface area contributed by atoms with Gasteiger partial charge in [0.1, 0.15) is 11.2 Å². The monoisotopic (exact) mass is 733 g/mol. The number of hydrogen-bond donors (Lipinski definition) is 0. The van der Waals surface area contributed by atoms with Crippen LogP contribution in [-0.4, -0.2) is 15.0 Å². The fourth-order valence-corrected chi connectivity index (χ4v) is 12.4. The second kappa shape index (κ2) is 11.8. The zero-order valence-corrected chi connectivity index (χ0v) is 31.5. The number of para-hydroxylation sites is 1. The van der Waals surface area contributed by atoms with E-state index in [2.05, 4.69) is 133 Å². The van der Waals surface area contributed by atoms with Crippen molar-refractivity contribution in [2.24, 2.45) is 23.7 Å². The van der Waals surface area contributed by atoms with Gasteiger partial charge in [-0.2, -0.15) is 0 Å². The first-order valence-corrected chi connectivity index (χ1v) is 20.7. The van der Waals surface area contributed by atoms with Gasteiger partial charge in [-0.3, -0.25) is 0 Å². The summed E-state index contributed by atoms with van der Waals surface area (Å²) in [6.45, 7) is 0. The lowest BCUT2D eigenvalue weighted by atomic mass is 9.43. The van der Waals surface area contributed by atoms with Crippen LogP contribution in [0.3, 0.4) is 0 Å². The van der Waals surface area contributed by atoms with Gasteiger partial charge >= 0.3 is 0 Å². The van der Waals surface area contributed by atoms with E-state index in [9.17, 15) is 0 Å². The maximum absolute atomic E-state index is 6.29. The molecule has 0 aliphatic heterocycles. The van der Waals surface area contributed by atoms with E-state index in [-0.39, 0.29) is 5.41 Å². The van der Waals surface area contributed by atoms with Crippen molar-refractivity contribution in [3.05, 3.63) is 163 Å². The molecule has 0 unspecified atom stereocenters. The molecular formula is C53H39N3O. The summed E-state index contributed by atoms with van der Waals surface area (Å²) in [5.74, 6) is 5.17. The number of furan rings is 1. The van der Waals surface area contributed by atoms with Gasteiger partial charge < -0.3 is 4.42 Å². The van der Waals surface area contributed by atoms with Gasteiger partial charge in [-0.15, -0.1) is 0 Å². The number of benzene rings is 7. The molecule has 0 amide bonds. The molecule has 272 valence electrons. The van der Waals surface area contributed by atoms with Crippen LogP contribution in [0.2, 0.25) is 0 Å². The molecule has 7 aromatic carbocycles. The Morgan fingerprint density at radius 1 is 0.439 bits per heavy atom. The number of hydrogen-bond acceptors (Lipinski definition) is 4. The SMILES string of the molecule is c1ccc(-c2nc(-c3cccc(-c4cccc5oc6ccccc6c45)c3)nc(-c3cccc4c3-c3c(ccc5ccccc35)C43C4CC5CC(C4)CC3C5)n2)cc1. The summed E-state index contributed by atoms with van der Waals surface area (Å²) in [6.07, 6.45) is 6.81. The van der Waals surface area contributed by atoms with E-state index in [1.165, 1.54) is 59.6 Å². The summed E-state index contributed by atoms with van der Waals surface area (Å²) < 4.78 is 6.29. The van der Waals surface area contributed by atoms with Crippen molar-refractivity contribution in [1.29, 1.82) is 0 Å². The normalized spacial score (nSPS) is 22.8. The Balaban J connectivity index is 1.05. The van der Waals surface area contributed by atoms with Crippen molar-refractivity contribution in [2.75, 3.05) is 0 Å². The Labute approximate surface area is 331 Å². The molecule has 5 aliphatic rings. The third kappa shape index (κ3) is 4.47. The average molecular weight is 734 g/mol. The quantitative estimate of drug-likeness (QED) is 0.181. The molecule has 1 spiro atoms. The molecule has 0 N–H and O–H groups in total. The summed E-state index contributed by atoms with van der Waals surface area (Å²) in [6, 6.07) is 54.6. The topological polar surface area (TPSA) is 51.8 Å². The summed E-state index contributed by atoms with van der Waals surface area (Å²) in [7, 11) is 0. The molecule has 4 nitrogen and oxygen atoms in total. The van der Waals surface area contributed by atoms with Crippen LogP contribution in [0.5, 0.6) is 0 Å². The van der Waals surface area contributed by atoms with E-state index in [0.717, 1.165) is 67.4 Å². The standard InChI is InChI=1S/C53H39N3O/c1-2-12-34(13-3-1)50-54-51(36-15-8-14-35(30-36)40-18-10-22-46-47(40)41-17-6-7-21-45(41)57-46)56-52(55-50)42-19-9-20-43-49(42)48-39-16-5-4-11-33(39)23-24-44(48)53(43)37-26-31-25-32(28-37)29-38(53)27-31/h1-24,30-32,37-38H,25-29H2. The minimum atomic E-state index is 0.0306. The first-order chi connectivity index (χ1) is 28.2. The third-order valence-corrected chi connectivity index (χ3v) is 14.3. The predicted octanol–water partition coefficient (Wildman–Crippen LogP) is 13.3. The maximum Gasteiger partial charge on any atom is 0.164 e. The minimum absolute atomic E-state index is 0.0306. The Hall–Kier alpha value is -6.39. The van der Waals surface area contributed by atoms with Gasteiger partial charge in [0.15, 0.2) is 17.5 Å². The Morgan fingerprint density at radius 3 is 1.89 bits per heavy atom. The lowest BCUT2D eigenvalue weighted by Gasteiger charge is -2.61. The van der Waals surface area contributed by atoms with Crippen molar-refractivity contribution >= 4 is 32.7 Å². The molecule has 4 heteroatoms. The molecule has 0 saturated heterocycles. The molecule has 4 bridgehead atoms. The molecule has 4 fully saturated rings. The third-order valence-electron chi connectivity index (χ3n) is 14.3. The highest BCUT2D eigenvalue weighted by atomic mass is 16.3. The van der Waals surface area contributed by atoms with Gasteiger partial charge in [0.05, 0.1) is 0 Å². The molecular weight excluding hydrogens is 695 g/mol. The van der Waals surface area contributed by atoms with Crippen molar-refractivity contribution in [3.63, 3.8) is 0 Å². The first kappa shape index (κ1) is 31.8. The summed E-state index contributed by atoms with van der Waals surface area (Å²) in [4.78, 5) is 16.0. The van der Waals surface area contributed by atoms with Crippen LogP contribution in [0.1, 0.15) is 43.2 Å². The average Bonchev–Trinajstić information content (AvgIpc) is 3.80. The molecule has 0 atom stereocenters. The highest BCUT2D eigenvalue weighted by Crippen LogP contribution is 2.70.